The van der Waals surface area contributed by atoms with Crippen molar-refractivity contribution in [1.29, 1.82) is 0 Å². The molecule has 0 amide bonds. The Balaban J connectivity index is 1.34. The van der Waals surface area contributed by atoms with E-state index in [1.807, 2.05) is 57.2 Å². The third-order valence-corrected chi connectivity index (χ3v) is 5.25. The SMILES string of the molecule is Cc1ccc(-c2ccc(OC3CCN(c4nc(C(C)C)no4)CC3)cc2)c(F)c1. The topological polar surface area (TPSA) is 51.4 Å². The predicted molar refractivity (Wildman–Crippen MR) is 111 cm³/mol. The summed E-state index contributed by atoms with van der Waals surface area (Å²) in [6.45, 7) is 7.62. The van der Waals surface area contributed by atoms with Gasteiger partial charge in [0.1, 0.15) is 17.7 Å². The van der Waals surface area contributed by atoms with Crippen LogP contribution in [0.25, 0.3) is 11.1 Å². The van der Waals surface area contributed by atoms with Crippen molar-refractivity contribution in [3.05, 3.63) is 59.7 Å². The molecule has 0 aliphatic carbocycles. The first-order valence-corrected chi connectivity index (χ1v) is 10.1. The minimum absolute atomic E-state index is 0.140. The number of hydrogen-bond acceptors (Lipinski definition) is 5. The van der Waals surface area contributed by atoms with Gasteiger partial charge in [0.25, 0.3) is 0 Å². The van der Waals surface area contributed by atoms with Crippen LogP contribution in [0.4, 0.5) is 10.4 Å². The van der Waals surface area contributed by atoms with Crippen LogP contribution >= 0.6 is 0 Å². The molecule has 0 atom stereocenters. The minimum atomic E-state index is -0.201. The fraction of sp³-hybridized carbons (Fsp3) is 0.391. The van der Waals surface area contributed by atoms with Gasteiger partial charge in [-0.05, 0) is 36.2 Å². The maximum atomic E-state index is 14.2. The molecule has 2 aromatic carbocycles. The summed E-state index contributed by atoms with van der Waals surface area (Å²) in [7, 11) is 0. The highest BCUT2D eigenvalue weighted by Crippen LogP contribution is 2.28. The van der Waals surface area contributed by atoms with E-state index in [1.165, 1.54) is 0 Å². The van der Waals surface area contributed by atoms with E-state index in [4.69, 9.17) is 9.26 Å². The van der Waals surface area contributed by atoms with Crippen LogP contribution in [0, 0.1) is 12.7 Å². The Morgan fingerprint density at radius 1 is 1.10 bits per heavy atom. The zero-order valence-electron chi connectivity index (χ0n) is 17.1. The highest BCUT2D eigenvalue weighted by molar-refractivity contribution is 5.65. The van der Waals surface area contributed by atoms with Crippen molar-refractivity contribution in [2.45, 2.75) is 45.6 Å². The van der Waals surface area contributed by atoms with E-state index >= 15 is 0 Å². The maximum absolute atomic E-state index is 14.2. The molecule has 2 heterocycles. The van der Waals surface area contributed by atoms with E-state index in [2.05, 4.69) is 15.0 Å². The molecule has 3 aromatic rings. The highest BCUT2D eigenvalue weighted by Gasteiger charge is 2.24. The van der Waals surface area contributed by atoms with E-state index < -0.39 is 0 Å². The van der Waals surface area contributed by atoms with E-state index in [9.17, 15) is 4.39 Å². The van der Waals surface area contributed by atoms with E-state index in [0.29, 0.717) is 11.6 Å². The van der Waals surface area contributed by atoms with Crippen molar-refractivity contribution in [2.75, 3.05) is 18.0 Å². The van der Waals surface area contributed by atoms with Crippen molar-refractivity contribution < 1.29 is 13.7 Å². The molecule has 0 radical (unpaired) electrons. The maximum Gasteiger partial charge on any atom is 0.324 e. The summed E-state index contributed by atoms with van der Waals surface area (Å²) in [5.41, 5.74) is 2.37. The molecule has 0 saturated carbocycles. The van der Waals surface area contributed by atoms with Crippen molar-refractivity contribution in [3.8, 4) is 16.9 Å². The number of aromatic nitrogens is 2. The Hall–Kier alpha value is -2.89. The van der Waals surface area contributed by atoms with Crippen LogP contribution in [-0.4, -0.2) is 29.3 Å². The Labute approximate surface area is 170 Å². The molecule has 1 saturated heterocycles. The smallest absolute Gasteiger partial charge is 0.324 e. The molecule has 4 rings (SSSR count). The first kappa shape index (κ1) is 19.4. The Bertz CT molecular complexity index is 961. The average Bonchev–Trinajstić information content (AvgIpc) is 3.20. The fourth-order valence-electron chi connectivity index (χ4n) is 3.51. The van der Waals surface area contributed by atoms with E-state index in [-0.39, 0.29) is 17.8 Å². The van der Waals surface area contributed by atoms with Crippen LogP contribution in [0.1, 0.15) is 44.0 Å². The molecular weight excluding hydrogens is 369 g/mol. The highest BCUT2D eigenvalue weighted by atomic mass is 19.1. The van der Waals surface area contributed by atoms with Crippen LogP contribution in [0.3, 0.4) is 0 Å². The van der Waals surface area contributed by atoms with Gasteiger partial charge in [-0.3, -0.25) is 0 Å². The number of rotatable bonds is 5. The minimum Gasteiger partial charge on any atom is -0.490 e. The Morgan fingerprint density at radius 2 is 1.83 bits per heavy atom. The summed E-state index contributed by atoms with van der Waals surface area (Å²) < 4.78 is 25.7. The van der Waals surface area contributed by atoms with Crippen LogP contribution in [0.2, 0.25) is 0 Å². The van der Waals surface area contributed by atoms with Crippen LogP contribution in [0.15, 0.2) is 47.0 Å². The molecule has 6 heteroatoms. The quantitative estimate of drug-likeness (QED) is 0.582. The molecule has 0 N–H and O–H groups in total. The molecular formula is C23H26FN3O2. The Morgan fingerprint density at radius 3 is 2.45 bits per heavy atom. The summed E-state index contributed by atoms with van der Waals surface area (Å²) in [5.74, 6) is 1.60. The lowest BCUT2D eigenvalue weighted by Crippen LogP contribution is -2.38. The van der Waals surface area contributed by atoms with Gasteiger partial charge in [0.05, 0.1) is 0 Å². The lowest BCUT2D eigenvalue weighted by molar-refractivity contribution is 0.168. The number of piperidine rings is 1. The van der Waals surface area contributed by atoms with Gasteiger partial charge in [0, 0.05) is 37.4 Å². The second-order valence-corrected chi connectivity index (χ2v) is 7.90. The number of aryl methyl sites for hydroxylation is 1. The van der Waals surface area contributed by atoms with Gasteiger partial charge in [0.2, 0.25) is 0 Å². The fourth-order valence-corrected chi connectivity index (χ4v) is 3.51. The number of hydrogen-bond donors (Lipinski definition) is 0. The largest absolute Gasteiger partial charge is 0.490 e. The molecule has 0 unspecified atom stereocenters. The summed E-state index contributed by atoms with van der Waals surface area (Å²) in [4.78, 5) is 6.58. The van der Waals surface area contributed by atoms with Gasteiger partial charge < -0.3 is 14.2 Å². The normalized spacial score (nSPS) is 15.1. The summed E-state index contributed by atoms with van der Waals surface area (Å²) in [5, 5.41) is 4.04. The van der Waals surface area contributed by atoms with Crippen molar-refractivity contribution in [3.63, 3.8) is 0 Å². The molecule has 0 spiro atoms. The summed E-state index contributed by atoms with van der Waals surface area (Å²) >= 11 is 0. The number of anilines is 1. The number of halogens is 1. The standard InChI is InChI=1S/C23H26FN3O2/c1-15(2)22-25-23(29-26-22)27-12-10-19(11-13-27)28-18-7-5-17(6-8-18)20-9-4-16(3)14-21(20)24/h4-9,14-15,19H,10-13H2,1-3H3. The summed E-state index contributed by atoms with van der Waals surface area (Å²) in [6, 6.07) is 13.5. The Kier molecular flexibility index (Phi) is 5.51. The van der Waals surface area contributed by atoms with Gasteiger partial charge in [-0.15, -0.1) is 0 Å². The number of benzene rings is 2. The molecule has 29 heavy (non-hydrogen) atoms. The van der Waals surface area contributed by atoms with Crippen molar-refractivity contribution in [1.82, 2.24) is 10.1 Å². The number of ether oxygens (including phenoxy) is 1. The van der Waals surface area contributed by atoms with Gasteiger partial charge >= 0.3 is 6.01 Å². The lowest BCUT2D eigenvalue weighted by atomic mass is 10.0. The lowest BCUT2D eigenvalue weighted by Gasteiger charge is -2.30. The van der Waals surface area contributed by atoms with Crippen LogP contribution in [-0.2, 0) is 0 Å². The van der Waals surface area contributed by atoms with Gasteiger partial charge in [-0.25, -0.2) is 4.39 Å². The second kappa shape index (κ2) is 8.23. The summed E-state index contributed by atoms with van der Waals surface area (Å²) in [6.07, 6.45) is 1.90. The van der Waals surface area contributed by atoms with Crippen LogP contribution in [0.5, 0.6) is 5.75 Å². The van der Waals surface area contributed by atoms with Crippen LogP contribution < -0.4 is 9.64 Å². The van der Waals surface area contributed by atoms with Crippen molar-refractivity contribution >= 4 is 6.01 Å². The molecule has 0 bridgehead atoms. The zero-order valence-corrected chi connectivity index (χ0v) is 17.1. The predicted octanol–water partition coefficient (Wildman–Crippen LogP) is 5.36. The average molecular weight is 395 g/mol. The molecule has 1 aromatic heterocycles. The zero-order chi connectivity index (χ0) is 20.4. The number of nitrogens with zero attached hydrogens (tertiary/aromatic N) is 3. The van der Waals surface area contributed by atoms with E-state index in [1.54, 1.807) is 6.07 Å². The first-order chi connectivity index (χ1) is 14.0. The third-order valence-electron chi connectivity index (χ3n) is 5.25. The molecule has 1 aliphatic heterocycles. The molecule has 1 aliphatic rings. The monoisotopic (exact) mass is 395 g/mol. The first-order valence-electron chi connectivity index (χ1n) is 10.1. The van der Waals surface area contributed by atoms with Crippen molar-refractivity contribution in [2.24, 2.45) is 0 Å². The third kappa shape index (κ3) is 4.42. The molecule has 152 valence electrons. The van der Waals surface area contributed by atoms with Gasteiger partial charge in [0.15, 0.2) is 5.82 Å². The molecule has 1 fully saturated rings. The van der Waals surface area contributed by atoms with E-state index in [0.717, 1.165) is 48.6 Å². The van der Waals surface area contributed by atoms with Gasteiger partial charge in [-0.2, -0.15) is 4.98 Å². The van der Waals surface area contributed by atoms with Gasteiger partial charge in [-0.1, -0.05) is 43.3 Å². The molecule has 5 nitrogen and oxygen atoms in total. The second-order valence-electron chi connectivity index (χ2n) is 7.90.